The highest BCUT2D eigenvalue weighted by molar-refractivity contribution is 5.67. The Kier molecular flexibility index (Phi) is 6.92. The molecule has 2 N–H and O–H groups in total. The monoisotopic (exact) mass is 563 g/mol. The number of morpholine rings is 1. The molecule has 1 amide bonds. The van der Waals surface area contributed by atoms with E-state index >= 15 is 0 Å². The predicted octanol–water partition coefficient (Wildman–Crippen LogP) is 3.33. The number of nitriles is 1. The normalized spacial score (nSPS) is 25.1. The molecule has 4 heterocycles. The van der Waals surface area contributed by atoms with E-state index in [0.717, 1.165) is 36.3 Å². The van der Waals surface area contributed by atoms with Gasteiger partial charge in [0, 0.05) is 52.4 Å². The summed E-state index contributed by atoms with van der Waals surface area (Å²) in [5.74, 6) is -0.790. The Morgan fingerprint density at radius 3 is 2.15 bits per heavy atom. The number of piperazine rings is 1. The van der Waals surface area contributed by atoms with E-state index in [1.807, 2.05) is 0 Å². The van der Waals surface area contributed by atoms with E-state index < -0.39 is 40.3 Å². The lowest BCUT2D eigenvalue weighted by Crippen LogP contribution is -2.55. The van der Waals surface area contributed by atoms with E-state index in [0.29, 0.717) is 50.5 Å². The first-order chi connectivity index (χ1) is 18.8. The number of halogens is 3. The van der Waals surface area contributed by atoms with Crippen molar-refractivity contribution >= 4 is 6.09 Å². The smallest absolute Gasteiger partial charge is 0.417 e. The molecule has 216 valence electrons. The summed E-state index contributed by atoms with van der Waals surface area (Å²) in [4.78, 5) is 18.1. The molecule has 2 saturated heterocycles. The van der Waals surface area contributed by atoms with Crippen LogP contribution in [0.4, 0.5) is 18.0 Å². The summed E-state index contributed by atoms with van der Waals surface area (Å²) in [5.41, 5.74) is -3.16. The Bertz CT molecular complexity index is 1320. The van der Waals surface area contributed by atoms with Crippen LogP contribution in [-0.2, 0) is 26.9 Å². The van der Waals surface area contributed by atoms with Gasteiger partial charge in [-0.25, -0.2) is 4.79 Å². The largest absolute Gasteiger partial charge is 0.494 e. The van der Waals surface area contributed by atoms with Gasteiger partial charge in [-0.3, -0.25) is 14.4 Å². The van der Waals surface area contributed by atoms with Gasteiger partial charge in [0.25, 0.3) is 0 Å². The maximum absolute atomic E-state index is 13.6. The van der Waals surface area contributed by atoms with E-state index in [1.165, 1.54) is 12.1 Å². The molecule has 0 aliphatic carbocycles. The van der Waals surface area contributed by atoms with Gasteiger partial charge in [-0.05, 0) is 39.0 Å². The SMILES string of the molecule is CCOC(=O)N1CCN(CCN2CC3(C)OC(C)(C2)c2c3c(O)n(-c3ccc(C#N)c(C(F)(F)F)c3)c2O)CC1. The minimum absolute atomic E-state index is 0.111. The molecule has 2 aromatic rings. The molecule has 1 aromatic heterocycles. The third-order valence-electron chi connectivity index (χ3n) is 8.00. The van der Waals surface area contributed by atoms with Crippen molar-refractivity contribution in [1.82, 2.24) is 19.3 Å². The number of hydrogen-bond donors (Lipinski definition) is 2. The molecule has 3 aliphatic rings. The average Bonchev–Trinajstić information content (AvgIpc) is 3.27. The van der Waals surface area contributed by atoms with Crippen LogP contribution in [0.3, 0.4) is 0 Å². The van der Waals surface area contributed by atoms with E-state index in [-0.39, 0.29) is 11.8 Å². The zero-order valence-electron chi connectivity index (χ0n) is 22.6. The van der Waals surface area contributed by atoms with Crippen LogP contribution in [0, 0.1) is 11.3 Å². The molecule has 40 heavy (non-hydrogen) atoms. The number of alkyl halides is 3. The maximum Gasteiger partial charge on any atom is 0.417 e. The van der Waals surface area contributed by atoms with Gasteiger partial charge in [-0.15, -0.1) is 0 Å². The number of aromatic nitrogens is 1. The van der Waals surface area contributed by atoms with Gasteiger partial charge < -0.3 is 24.6 Å². The summed E-state index contributed by atoms with van der Waals surface area (Å²) in [7, 11) is 0. The van der Waals surface area contributed by atoms with Gasteiger partial charge in [0.2, 0.25) is 11.8 Å². The van der Waals surface area contributed by atoms with Crippen LogP contribution in [0.2, 0.25) is 0 Å². The number of hydrogen-bond acceptors (Lipinski definition) is 8. The molecule has 1 aromatic carbocycles. The highest BCUT2D eigenvalue weighted by atomic mass is 19.4. The van der Waals surface area contributed by atoms with Crippen molar-refractivity contribution in [3.8, 4) is 23.5 Å². The van der Waals surface area contributed by atoms with Crippen LogP contribution in [0.1, 0.15) is 43.0 Å². The van der Waals surface area contributed by atoms with Crippen molar-refractivity contribution in [1.29, 1.82) is 5.26 Å². The predicted molar refractivity (Wildman–Crippen MR) is 136 cm³/mol. The number of amides is 1. The second-order valence-corrected chi connectivity index (χ2v) is 10.9. The fourth-order valence-corrected chi connectivity index (χ4v) is 6.34. The van der Waals surface area contributed by atoms with Crippen molar-refractivity contribution in [3.63, 3.8) is 0 Å². The molecule has 2 fully saturated rings. The highest BCUT2D eigenvalue weighted by Gasteiger charge is 2.58. The molecule has 13 heteroatoms. The number of benzene rings is 1. The molecule has 10 nitrogen and oxygen atoms in total. The van der Waals surface area contributed by atoms with Gasteiger partial charge in [0.15, 0.2) is 0 Å². The van der Waals surface area contributed by atoms with Crippen LogP contribution in [0.25, 0.3) is 5.69 Å². The number of carbonyl (C=O) groups excluding carboxylic acids is 1. The minimum Gasteiger partial charge on any atom is -0.494 e. The number of ether oxygens (including phenoxy) is 2. The quantitative estimate of drug-likeness (QED) is 0.570. The molecule has 0 spiro atoms. The fraction of sp³-hybridized carbons (Fsp3) is 0.556. The number of aromatic hydroxyl groups is 2. The summed E-state index contributed by atoms with van der Waals surface area (Å²) in [5, 5.41) is 31.7. The molecule has 2 bridgehead atoms. The lowest BCUT2D eigenvalue weighted by molar-refractivity contribution is -0.187. The average molecular weight is 564 g/mol. The van der Waals surface area contributed by atoms with Crippen LogP contribution in [-0.4, -0.2) is 94.5 Å². The second kappa shape index (κ2) is 9.87. The summed E-state index contributed by atoms with van der Waals surface area (Å²) in [6, 6.07) is 4.58. The number of rotatable bonds is 5. The molecular formula is C27H32F3N5O5. The van der Waals surface area contributed by atoms with Gasteiger partial charge in [-0.1, -0.05) is 0 Å². The van der Waals surface area contributed by atoms with Crippen molar-refractivity contribution in [2.24, 2.45) is 0 Å². The van der Waals surface area contributed by atoms with Crippen molar-refractivity contribution < 1.29 is 37.7 Å². The van der Waals surface area contributed by atoms with Crippen molar-refractivity contribution in [2.75, 3.05) is 59.0 Å². The Morgan fingerprint density at radius 2 is 1.62 bits per heavy atom. The Hall–Kier alpha value is -3.47. The van der Waals surface area contributed by atoms with E-state index in [4.69, 9.17) is 14.7 Å². The van der Waals surface area contributed by atoms with Crippen molar-refractivity contribution in [3.05, 3.63) is 40.5 Å². The summed E-state index contributed by atoms with van der Waals surface area (Å²) < 4.78 is 53.2. The maximum atomic E-state index is 13.6. The topological polar surface area (TPSA) is 114 Å². The molecule has 3 aliphatic heterocycles. The van der Waals surface area contributed by atoms with Crippen LogP contribution >= 0.6 is 0 Å². The van der Waals surface area contributed by atoms with Gasteiger partial charge in [0.05, 0.1) is 40.6 Å². The Balaban J connectivity index is 1.35. The van der Waals surface area contributed by atoms with Crippen LogP contribution < -0.4 is 0 Å². The van der Waals surface area contributed by atoms with Crippen molar-refractivity contribution in [2.45, 2.75) is 38.1 Å². The van der Waals surface area contributed by atoms with E-state index in [1.54, 1.807) is 25.7 Å². The number of fused-ring (bicyclic) bond motifs is 5. The summed E-state index contributed by atoms with van der Waals surface area (Å²) in [6.07, 6.45) is -5.09. The first kappa shape index (κ1) is 28.1. The lowest BCUT2D eigenvalue weighted by Gasteiger charge is -2.44. The first-order valence-electron chi connectivity index (χ1n) is 13.2. The summed E-state index contributed by atoms with van der Waals surface area (Å²) in [6.45, 7) is 10.5. The third kappa shape index (κ3) is 4.63. The van der Waals surface area contributed by atoms with Crippen LogP contribution in [0.15, 0.2) is 18.2 Å². The molecular weight excluding hydrogens is 531 g/mol. The van der Waals surface area contributed by atoms with Gasteiger partial charge in [-0.2, -0.15) is 18.4 Å². The lowest BCUT2D eigenvalue weighted by atomic mass is 9.94. The standard InChI is InChI=1S/C27H32F3N5O5/c1-4-39-24(38)34-11-9-32(10-12-34)7-8-33-15-25(2)20-21(26(3,16-33)40-25)23(37)35(22(20)36)18-6-5-17(14-31)19(13-18)27(28,29)30/h5-6,13,36-37H,4,7-12,15-16H2,1-3H3. The van der Waals surface area contributed by atoms with E-state index in [2.05, 4.69) is 9.80 Å². The highest BCUT2D eigenvalue weighted by Crippen LogP contribution is 2.59. The molecule has 0 saturated carbocycles. The van der Waals surface area contributed by atoms with E-state index in [9.17, 15) is 28.2 Å². The molecule has 5 rings (SSSR count). The summed E-state index contributed by atoms with van der Waals surface area (Å²) >= 11 is 0. The zero-order valence-corrected chi connectivity index (χ0v) is 22.6. The van der Waals surface area contributed by atoms with Gasteiger partial charge >= 0.3 is 12.3 Å². The van der Waals surface area contributed by atoms with Gasteiger partial charge in [0.1, 0.15) is 11.2 Å². The molecule has 2 unspecified atom stereocenters. The number of nitrogens with zero attached hydrogens (tertiary/aromatic N) is 5. The van der Waals surface area contributed by atoms with Crippen LogP contribution in [0.5, 0.6) is 11.8 Å². The first-order valence-corrected chi connectivity index (χ1v) is 13.2. The molecule has 2 atom stereocenters. The third-order valence-corrected chi connectivity index (χ3v) is 8.00. The fourth-order valence-electron chi connectivity index (χ4n) is 6.34. The second-order valence-electron chi connectivity index (χ2n) is 10.9. The number of carbonyl (C=O) groups is 1. The zero-order chi connectivity index (χ0) is 29.0. The molecule has 0 radical (unpaired) electrons. The minimum atomic E-state index is -4.79. The Morgan fingerprint density at radius 1 is 1.05 bits per heavy atom. The Labute approximate surface area is 229 Å².